The van der Waals surface area contributed by atoms with Crippen LogP contribution in [0.3, 0.4) is 0 Å². The molecule has 0 N–H and O–H groups in total. The predicted molar refractivity (Wildman–Crippen MR) is 119 cm³/mol. The highest BCUT2D eigenvalue weighted by atomic mass is 32.2. The molecule has 12 heteroatoms. The molecular weight excluding hydrogens is 456 g/mol. The van der Waals surface area contributed by atoms with Crippen molar-refractivity contribution in [3.05, 3.63) is 69.0 Å². The second kappa shape index (κ2) is 8.19. The summed E-state index contributed by atoms with van der Waals surface area (Å²) in [6.45, 7) is -1.54. The van der Waals surface area contributed by atoms with Crippen molar-refractivity contribution in [2.45, 2.75) is 31.5 Å². The minimum atomic E-state index is -3.85. The van der Waals surface area contributed by atoms with Crippen LogP contribution in [0.5, 0.6) is 0 Å². The van der Waals surface area contributed by atoms with Crippen molar-refractivity contribution in [3.8, 4) is 0 Å². The molecule has 0 bridgehead atoms. The van der Waals surface area contributed by atoms with Gasteiger partial charge in [-0.15, -0.1) is 0 Å². The molecule has 0 atom stereocenters. The van der Waals surface area contributed by atoms with Crippen LogP contribution in [-0.2, 0) is 23.1 Å². The summed E-state index contributed by atoms with van der Waals surface area (Å²) in [5.74, 6) is -0.135. The Kier molecular flexibility index (Phi) is 5.66. The number of imidazole rings is 1. The molecule has 0 aliphatic heterocycles. The van der Waals surface area contributed by atoms with Gasteiger partial charge in [0.15, 0.2) is 0 Å². The van der Waals surface area contributed by atoms with Gasteiger partial charge in [-0.1, -0.05) is 12.1 Å². The predicted octanol–water partition coefficient (Wildman–Crippen LogP) is 2.23. The largest absolute Gasteiger partial charge is 0.320 e. The molecule has 0 unspecified atom stereocenters. The molecule has 33 heavy (non-hydrogen) atoms. The molecule has 4 aromatic rings. The number of rotatable bonds is 6. The molecule has 0 aliphatic carbocycles. The van der Waals surface area contributed by atoms with Gasteiger partial charge in [0.05, 0.1) is 33.5 Å². The number of alkyl halides is 2. The molecule has 174 valence electrons. The van der Waals surface area contributed by atoms with Gasteiger partial charge in [-0.05, 0) is 37.3 Å². The van der Waals surface area contributed by atoms with Gasteiger partial charge in [0.25, 0.3) is 0 Å². The van der Waals surface area contributed by atoms with E-state index < -0.39 is 34.2 Å². The summed E-state index contributed by atoms with van der Waals surface area (Å²) in [7, 11) is -1.12. The average Bonchev–Trinajstić information content (AvgIpc) is 3.15. The van der Waals surface area contributed by atoms with E-state index in [1.54, 1.807) is 25.1 Å². The summed E-state index contributed by atoms with van der Waals surface area (Å²) < 4.78 is 57.1. The summed E-state index contributed by atoms with van der Waals surface area (Å²) in [5.41, 5.74) is -0.887. The fraction of sp³-hybridized carbons (Fsp3) is 0.286. The van der Waals surface area contributed by atoms with Crippen molar-refractivity contribution in [2.24, 2.45) is 0 Å². The molecule has 2 heterocycles. The quantitative estimate of drug-likeness (QED) is 0.397. The molecule has 0 radical (unpaired) electrons. The maximum Gasteiger partial charge on any atom is 0.320 e. The molecule has 0 saturated heterocycles. The zero-order chi connectivity index (χ0) is 24.1. The molecule has 0 amide bonds. The maximum atomic E-state index is 13.9. The van der Waals surface area contributed by atoms with Crippen LogP contribution in [-0.4, -0.2) is 45.5 Å². The number of halogens is 2. The number of hydrogen-bond donors (Lipinski definition) is 0. The normalized spacial score (nSPS) is 12.5. The van der Waals surface area contributed by atoms with Crippen molar-refractivity contribution in [3.63, 3.8) is 0 Å². The van der Waals surface area contributed by atoms with Crippen molar-refractivity contribution in [1.29, 1.82) is 0 Å². The summed E-state index contributed by atoms with van der Waals surface area (Å²) in [6.07, 6.45) is 0. The summed E-state index contributed by atoms with van der Waals surface area (Å²) >= 11 is 0. The third-order valence-corrected chi connectivity index (χ3v) is 7.27. The summed E-state index contributed by atoms with van der Waals surface area (Å²) in [6, 6.07) is 10.3. The average molecular weight is 477 g/mol. The fourth-order valence-electron chi connectivity index (χ4n) is 3.80. The van der Waals surface area contributed by atoms with Gasteiger partial charge in [-0.25, -0.2) is 17.7 Å². The first kappa shape index (κ1) is 22.8. The Morgan fingerprint density at radius 3 is 2.27 bits per heavy atom. The van der Waals surface area contributed by atoms with Gasteiger partial charge in [0.2, 0.25) is 10.0 Å². The third-order valence-electron chi connectivity index (χ3n) is 5.46. The van der Waals surface area contributed by atoms with E-state index >= 15 is 0 Å². The van der Waals surface area contributed by atoms with Gasteiger partial charge in [-0.3, -0.25) is 18.7 Å². The van der Waals surface area contributed by atoms with Crippen LogP contribution < -0.4 is 11.1 Å². The van der Waals surface area contributed by atoms with E-state index in [4.69, 9.17) is 0 Å². The molecule has 0 fully saturated rings. The van der Waals surface area contributed by atoms with Gasteiger partial charge in [0.1, 0.15) is 5.82 Å². The van der Waals surface area contributed by atoms with Gasteiger partial charge in [-0.2, -0.15) is 8.78 Å². The zero-order valence-electron chi connectivity index (χ0n) is 18.1. The summed E-state index contributed by atoms with van der Waals surface area (Å²) in [5, 5.41) is 0. The Bertz CT molecular complexity index is 1600. The molecule has 2 aromatic heterocycles. The van der Waals surface area contributed by atoms with Crippen LogP contribution in [0, 0.1) is 0 Å². The molecule has 0 aliphatic rings. The number of fused-ring (bicyclic) bond motifs is 2. The van der Waals surface area contributed by atoms with Crippen LogP contribution in [0.25, 0.3) is 22.1 Å². The van der Waals surface area contributed by atoms with E-state index in [0.29, 0.717) is 15.6 Å². The Labute approximate surface area is 187 Å². The molecule has 2 aromatic carbocycles. The first-order chi connectivity index (χ1) is 15.6. The zero-order valence-corrected chi connectivity index (χ0v) is 18.9. The lowest BCUT2D eigenvalue weighted by Crippen LogP contribution is -2.42. The topological polar surface area (TPSA) is 99.2 Å². The fourth-order valence-corrected chi connectivity index (χ4v) is 4.73. The Balaban J connectivity index is 2.05. The molecular formula is C21H21F2N5O4S. The minimum Gasteiger partial charge on any atom is -0.302 e. The van der Waals surface area contributed by atoms with Gasteiger partial charge in [0, 0.05) is 20.6 Å². The second-order valence-corrected chi connectivity index (χ2v) is 9.69. The van der Waals surface area contributed by atoms with E-state index in [0.717, 1.165) is 8.87 Å². The standard InChI is InChI=1S/C21H21F2N5O4S/c1-4-26-16-10-9-13(33(31,32)25(2)3)11-17(16)27(20(30)19(26)29)12-18-24-14-7-5-6-8-15(14)28(18)21(22)23/h5-11,21H,4,12H2,1-3H3. The monoisotopic (exact) mass is 477 g/mol. The number of nitrogens with zero attached hydrogens (tertiary/aromatic N) is 5. The van der Waals surface area contributed by atoms with Crippen molar-refractivity contribution < 1.29 is 17.2 Å². The van der Waals surface area contributed by atoms with E-state index in [-0.39, 0.29) is 28.3 Å². The number of aryl methyl sites for hydroxylation is 1. The number of aromatic nitrogens is 4. The number of para-hydroxylation sites is 2. The van der Waals surface area contributed by atoms with Crippen LogP contribution in [0.2, 0.25) is 0 Å². The van der Waals surface area contributed by atoms with Crippen LogP contribution >= 0.6 is 0 Å². The summed E-state index contributed by atoms with van der Waals surface area (Å²) in [4.78, 5) is 29.9. The molecule has 9 nitrogen and oxygen atoms in total. The molecule has 0 spiro atoms. The first-order valence-corrected chi connectivity index (χ1v) is 11.5. The third kappa shape index (κ3) is 3.64. The number of benzene rings is 2. The minimum absolute atomic E-state index is 0.100. The highest BCUT2D eigenvalue weighted by molar-refractivity contribution is 7.89. The Morgan fingerprint density at radius 2 is 1.64 bits per heavy atom. The van der Waals surface area contributed by atoms with Crippen molar-refractivity contribution >= 4 is 32.1 Å². The van der Waals surface area contributed by atoms with Gasteiger partial charge < -0.3 is 4.57 Å². The maximum absolute atomic E-state index is 13.9. The first-order valence-electron chi connectivity index (χ1n) is 10.0. The van der Waals surface area contributed by atoms with E-state index in [9.17, 15) is 26.8 Å². The van der Waals surface area contributed by atoms with Crippen LogP contribution in [0.4, 0.5) is 8.78 Å². The smallest absolute Gasteiger partial charge is 0.302 e. The molecule has 4 rings (SSSR count). The lowest BCUT2D eigenvalue weighted by molar-refractivity contribution is 0.0712. The van der Waals surface area contributed by atoms with Crippen molar-refractivity contribution in [2.75, 3.05) is 14.1 Å². The SMILES string of the molecule is CCn1c(=O)c(=O)n(Cc2nc3ccccc3n2C(F)F)c2cc(S(=O)(=O)N(C)C)ccc21. The van der Waals surface area contributed by atoms with Gasteiger partial charge >= 0.3 is 17.7 Å². The van der Waals surface area contributed by atoms with Crippen LogP contribution in [0.1, 0.15) is 19.3 Å². The van der Waals surface area contributed by atoms with Crippen molar-refractivity contribution in [1.82, 2.24) is 23.0 Å². The van der Waals surface area contributed by atoms with E-state index in [1.807, 2.05) is 0 Å². The van der Waals surface area contributed by atoms with Crippen LogP contribution in [0.15, 0.2) is 56.9 Å². The molecule has 0 saturated carbocycles. The highest BCUT2D eigenvalue weighted by Gasteiger charge is 2.23. The number of sulfonamides is 1. The number of hydrogen-bond acceptors (Lipinski definition) is 5. The highest BCUT2D eigenvalue weighted by Crippen LogP contribution is 2.25. The lowest BCUT2D eigenvalue weighted by atomic mass is 10.2. The Hall–Kier alpha value is -3.38. The second-order valence-electron chi connectivity index (χ2n) is 7.54. The lowest BCUT2D eigenvalue weighted by Gasteiger charge is -2.17. The van der Waals surface area contributed by atoms with E-state index in [1.165, 1.54) is 42.9 Å². The van der Waals surface area contributed by atoms with E-state index in [2.05, 4.69) is 4.98 Å². The Morgan fingerprint density at radius 1 is 0.970 bits per heavy atom.